The topological polar surface area (TPSA) is 63.6 Å². The molecule has 0 aliphatic rings. The summed E-state index contributed by atoms with van der Waals surface area (Å²) in [4.78, 5) is 0. The summed E-state index contributed by atoms with van der Waals surface area (Å²) in [5.74, 6) is 0.724. The van der Waals surface area contributed by atoms with Gasteiger partial charge < -0.3 is 9.84 Å². The molecule has 0 saturated heterocycles. The Morgan fingerprint density at radius 2 is 1.78 bits per heavy atom. The van der Waals surface area contributed by atoms with Crippen LogP contribution < -0.4 is 4.74 Å². The van der Waals surface area contributed by atoms with Crippen molar-refractivity contribution < 1.29 is 18.3 Å². The predicted molar refractivity (Wildman–Crippen MR) is 71.5 cm³/mol. The summed E-state index contributed by atoms with van der Waals surface area (Å²) in [6, 6.07) is 7.06. The molecule has 0 fully saturated rings. The average Bonchev–Trinajstić information content (AvgIpc) is 2.25. The van der Waals surface area contributed by atoms with Gasteiger partial charge in [0.1, 0.15) is 15.6 Å². The van der Waals surface area contributed by atoms with Crippen LogP contribution in [0, 0.1) is 0 Å². The zero-order chi connectivity index (χ0) is 13.8. The SMILES string of the molecule is CC(C)Oc1ccc(C(O)CCS(C)(=O)=O)cc1. The van der Waals surface area contributed by atoms with Crippen molar-refractivity contribution >= 4 is 9.84 Å². The average molecular weight is 272 g/mol. The van der Waals surface area contributed by atoms with E-state index in [0.29, 0.717) is 5.56 Å². The third-order valence-corrected chi connectivity index (χ3v) is 3.38. The van der Waals surface area contributed by atoms with Crippen molar-refractivity contribution in [3.8, 4) is 5.75 Å². The highest BCUT2D eigenvalue weighted by molar-refractivity contribution is 7.90. The summed E-state index contributed by atoms with van der Waals surface area (Å²) in [5.41, 5.74) is 0.703. The smallest absolute Gasteiger partial charge is 0.147 e. The standard InChI is InChI=1S/C13H20O4S/c1-10(2)17-12-6-4-11(5-7-12)13(14)8-9-18(3,15)16/h4-7,10,13-14H,8-9H2,1-3H3. The molecule has 1 N–H and O–H groups in total. The molecule has 0 aliphatic heterocycles. The van der Waals surface area contributed by atoms with Crippen molar-refractivity contribution in [2.75, 3.05) is 12.0 Å². The number of ether oxygens (including phenoxy) is 1. The first-order valence-electron chi connectivity index (χ1n) is 5.90. The van der Waals surface area contributed by atoms with E-state index in [4.69, 9.17) is 4.74 Å². The quantitative estimate of drug-likeness (QED) is 0.859. The minimum atomic E-state index is -3.04. The van der Waals surface area contributed by atoms with Gasteiger partial charge in [-0.2, -0.15) is 0 Å². The van der Waals surface area contributed by atoms with Crippen LogP contribution in [0.15, 0.2) is 24.3 Å². The van der Waals surface area contributed by atoms with Crippen molar-refractivity contribution in [2.24, 2.45) is 0 Å². The van der Waals surface area contributed by atoms with E-state index in [-0.39, 0.29) is 18.3 Å². The van der Waals surface area contributed by atoms with E-state index in [1.165, 1.54) is 6.26 Å². The number of rotatable bonds is 6. The third kappa shape index (κ3) is 5.51. The molecule has 5 heteroatoms. The number of aliphatic hydroxyl groups is 1. The van der Waals surface area contributed by atoms with Gasteiger partial charge in [0.15, 0.2) is 0 Å². The molecule has 1 aromatic carbocycles. The van der Waals surface area contributed by atoms with Crippen LogP contribution >= 0.6 is 0 Å². The highest BCUT2D eigenvalue weighted by Crippen LogP contribution is 2.21. The van der Waals surface area contributed by atoms with Gasteiger partial charge in [-0.1, -0.05) is 12.1 Å². The van der Waals surface area contributed by atoms with E-state index in [0.717, 1.165) is 5.75 Å². The van der Waals surface area contributed by atoms with E-state index < -0.39 is 15.9 Å². The lowest BCUT2D eigenvalue weighted by atomic mass is 10.1. The molecule has 0 aromatic heterocycles. The Labute approximate surface area is 109 Å². The van der Waals surface area contributed by atoms with Crippen LogP contribution in [0.5, 0.6) is 5.75 Å². The highest BCUT2D eigenvalue weighted by atomic mass is 32.2. The molecular formula is C13H20O4S. The minimum Gasteiger partial charge on any atom is -0.491 e. The van der Waals surface area contributed by atoms with Crippen LogP contribution in [-0.4, -0.2) is 31.6 Å². The first-order chi connectivity index (χ1) is 8.28. The van der Waals surface area contributed by atoms with E-state index in [1.54, 1.807) is 24.3 Å². The Morgan fingerprint density at radius 1 is 1.22 bits per heavy atom. The molecule has 102 valence electrons. The van der Waals surface area contributed by atoms with Crippen molar-refractivity contribution in [3.63, 3.8) is 0 Å². The summed E-state index contributed by atoms with van der Waals surface area (Å²) in [5, 5.41) is 9.85. The molecule has 1 rings (SSSR count). The highest BCUT2D eigenvalue weighted by Gasteiger charge is 2.11. The van der Waals surface area contributed by atoms with Gasteiger partial charge in [-0.25, -0.2) is 8.42 Å². The van der Waals surface area contributed by atoms with Gasteiger partial charge in [0.25, 0.3) is 0 Å². The Morgan fingerprint density at radius 3 is 2.22 bits per heavy atom. The van der Waals surface area contributed by atoms with Gasteiger partial charge in [-0.3, -0.25) is 0 Å². The fourth-order valence-corrected chi connectivity index (χ4v) is 2.18. The Kier molecular flexibility index (Phi) is 5.16. The normalized spacial score (nSPS) is 13.6. The van der Waals surface area contributed by atoms with Gasteiger partial charge in [0.2, 0.25) is 0 Å². The fraction of sp³-hybridized carbons (Fsp3) is 0.538. The summed E-state index contributed by atoms with van der Waals surface area (Å²) < 4.78 is 27.5. The van der Waals surface area contributed by atoms with Gasteiger partial charge in [0, 0.05) is 6.26 Å². The molecule has 1 unspecified atom stereocenters. The molecular weight excluding hydrogens is 252 g/mol. The summed E-state index contributed by atoms with van der Waals surface area (Å²) in [7, 11) is -3.04. The molecule has 0 aliphatic carbocycles. The monoisotopic (exact) mass is 272 g/mol. The zero-order valence-corrected chi connectivity index (χ0v) is 11.8. The molecule has 4 nitrogen and oxygen atoms in total. The number of hydrogen-bond donors (Lipinski definition) is 1. The molecule has 0 amide bonds. The largest absolute Gasteiger partial charge is 0.491 e. The molecule has 18 heavy (non-hydrogen) atoms. The Balaban J connectivity index is 2.61. The summed E-state index contributed by atoms with van der Waals surface area (Å²) in [6.45, 7) is 3.88. The zero-order valence-electron chi connectivity index (χ0n) is 11.0. The molecule has 0 spiro atoms. The number of aliphatic hydroxyl groups excluding tert-OH is 1. The molecule has 0 heterocycles. The van der Waals surface area contributed by atoms with Crippen LogP contribution in [0.4, 0.5) is 0 Å². The van der Waals surface area contributed by atoms with Crippen LogP contribution in [-0.2, 0) is 9.84 Å². The fourth-order valence-electron chi connectivity index (χ4n) is 1.53. The van der Waals surface area contributed by atoms with Gasteiger partial charge in [0.05, 0.1) is 18.0 Å². The first kappa shape index (κ1) is 15.0. The van der Waals surface area contributed by atoms with E-state index in [1.807, 2.05) is 13.8 Å². The molecule has 0 saturated carbocycles. The van der Waals surface area contributed by atoms with Crippen molar-refractivity contribution in [2.45, 2.75) is 32.5 Å². The molecule has 1 aromatic rings. The predicted octanol–water partition coefficient (Wildman–Crippen LogP) is 1.94. The van der Waals surface area contributed by atoms with E-state index in [9.17, 15) is 13.5 Å². The lowest BCUT2D eigenvalue weighted by Crippen LogP contribution is -2.09. The maximum Gasteiger partial charge on any atom is 0.147 e. The number of benzene rings is 1. The third-order valence-electron chi connectivity index (χ3n) is 2.40. The number of sulfone groups is 1. The molecule has 0 bridgehead atoms. The Bertz CT molecular complexity index is 462. The summed E-state index contributed by atoms with van der Waals surface area (Å²) in [6.07, 6.45) is 0.724. The minimum absolute atomic E-state index is 0.0155. The molecule has 1 atom stereocenters. The second-order valence-electron chi connectivity index (χ2n) is 4.67. The summed E-state index contributed by atoms with van der Waals surface area (Å²) >= 11 is 0. The second kappa shape index (κ2) is 6.20. The maximum absolute atomic E-state index is 11.0. The second-order valence-corrected chi connectivity index (χ2v) is 6.93. The van der Waals surface area contributed by atoms with Crippen molar-refractivity contribution in [3.05, 3.63) is 29.8 Å². The van der Waals surface area contributed by atoms with Gasteiger partial charge in [-0.05, 0) is 38.0 Å². The molecule has 0 radical (unpaired) electrons. The van der Waals surface area contributed by atoms with E-state index in [2.05, 4.69) is 0 Å². The van der Waals surface area contributed by atoms with Crippen LogP contribution in [0.25, 0.3) is 0 Å². The van der Waals surface area contributed by atoms with E-state index >= 15 is 0 Å². The van der Waals surface area contributed by atoms with Crippen LogP contribution in [0.3, 0.4) is 0 Å². The Hall–Kier alpha value is -1.07. The lowest BCUT2D eigenvalue weighted by Gasteiger charge is -2.13. The number of hydrogen-bond acceptors (Lipinski definition) is 4. The van der Waals surface area contributed by atoms with Gasteiger partial charge >= 0.3 is 0 Å². The maximum atomic E-state index is 11.0. The van der Waals surface area contributed by atoms with Crippen LogP contribution in [0.1, 0.15) is 31.9 Å². The van der Waals surface area contributed by atoms with Crippen LogP contribution in [0.2, 0.25) is 0 Å². The van der Waals surface area contributed by atoms with Crippen molar-refractivity contribution in [1.82, 2.24) is 0 Å². The van der Waals surface area contributed by atoms with Gasteiger partial charge in [-0.15, -0.1) is 0 Å². The van der Waals surface area contributed by atoms with Crippen molar-refractivity contribution in [1.29, 1.82) is 0 Å². The lowest BCUT2D eigenvalue weighted by molar-refractivity contribution is 0.174. The first-order valence-corrected chi connectivity index (χ1v) is 7.96.